The predicted octanol–water partition coefficient (Wildman–Crippen LogP) is 0.978. The lowest BCUT2D eigenvalue weighted by molar-refractivity contribution is 0.223. The molecule has 0 spiro atoms. The average molecular weight is 393 g/mol. The molecule has 0 saturated carbocycles. The van der Waals surface area contributed by atoms with E-state index in [-0.39, 0.29) is 29.9 Å². The number of ether oxygens (including phenoxy) is 2. The Morgan fingerprint density at radius 3 is 2.70 bits per heavy atom. The Morgan fingerprint density at radius 2 is 2.00 bits per heavy atom. The van der Waals surface area contributed by atoms with Crippen LogP contribution in [-0.2, 0) is 17.1 Å². The second-order valence-corrected chi connectivity index (χ2v) is 8.92. The highest BCUT2D eigenvalue weighted by molar-refractivity contribution is 7.89. The number of aryl methyl sites for hydroxylation is 1. The topological polar surface area (TPSA) is 93.9 Å². The Kier molecular flexibility index (Phi) is 4.83. The van der Waals surface area contributed by atoms with E-state index in [4.69, 9.17) is 9.47 Å². The van der Waals surface area contributed by atoms with Crippen LogP contribution in [0.1, 0.15) is 17.9 Å². The summed E-state index contributed by atoms with van der Waals surface area (Å²) < 4.78 is 40.7. The van der Waals surface area contributed by atoms with Crippen molar-refractivity contribution in [2.45, 2.75) is 17.2 Å². The molecule has 8 nitrogen and oxygen atoms in total. The van der Waals surface area contributed by atoms with Gasteiger partial charge in [0.05, 0.1) is 24.3 Å². The van der Waals surface area contributed by atoms with Crippen LogP contribution in [0.5, 0.6) is 11.5 Å². The third-order valence-electron chi connectivity index (χ3n) is 5.15. The van der Waals surface area contributed by atoms with Crippen LogP contribution in [-0.4, -0.2) is 60.5 Å². The zero-order chi connectivity index (χ0) is 19.0. The highest BCUT2D eigenvalue weighted by atomic mass is 32.2. The van der Waals surface area contributed by atoms with Crippen molar-refractivity contribution in [3.05, 3.63) is 36.2 Å². The van der Waals surface area contributed by atoms with Crippen molar-refractivity contribution in [1.29, 1.82) is 0 Å². The Labute approximate surface area is 158 Å². The first-order chi connectivity index (χ1) is 13.0. The second kappa shape index (κ2) is 7.14. The van der Waals surface area contributed by atoms with Crippen LogP contribution in [0.3, 0.4) is 0 Å². The van der Waals surface area contributed by atoms with Gasteiger partial charge in [0.15, 0.2) is 11.5 Å². The van der Waals surface area contributed by atoms with Gasteiger partial charge in [-0.15, -0.1) is 0 Å². The predicted molar refractivity (Wildman–Crippen MR) is 97.3 cm³/mol. The molecule has 2 aliphatic rings. The van der Waals surface area contributed by atoms with Crippen LogP contribution in [0.25, 0.3) is 0 Å². The van der Waals surface area contributed by atoms with E-state index < -0.39 is 10.0 Å². The van der Waals surface area contributed by atoms with Gasteiger partial charge in [-0.2, -0.15) is 9.40 Å². The van der Waals surface area contributed by atoms with Crippen molar-refractivity contribution < 1.29 is 23.0 Å². The molecule has 9 heteroatoms. The Balaban J connectivity index is 1.61. The van der Waals surface area contributed by atoms with Gasteiger partial charge in [-0.25, -0.2) is 8.42 Å². The normalized spacial score (nSPS) is 23.3. The summed E-state index contributed by atoms with van der Waals surface area (Å²) in [7, 11) is -1.88. The van der Waals surface area contributed by atoms with Crippen molar-refractivity contribution in [2.75, 3.05) is 32.9 Å². The zero-order valence-corrected chi connectivity index (χ0v) is 15.9. The molecule has 2 aliphatic heterocycles. The first-order valence-electron chi connectivity index (χ1n) is 8.98. The minimum Gasteiger partial charge on any atom is -0.490 e. The first kappa shape index (κ1) is 18.3. The molecule has 3 heterocycles. The molecule has 1 aromatic carbocycles. The molecule has 2 aromatic rings. The van der Waals surface area contributed by atoms with Crippen LogP contribution in [0.2, 0.25) is 0 Å². The molecule has 1 aromatic heterocycles. The molecule has 0 unspecified atom stereocenters. The van der Waals surface area contributed by atoms with Gasteiger partial charge in [-0.3, -0.25) is 4.68 Å². The Morgan fingerprint density at radius 1 is 1.22 bits per heavy atom. The maximum absolute atomic E-state index is 13.2. The van der Waals surface area contributed by atoms with E-state index in [1.807, 2.05) is 13.2 Å². The summed E-state index contributed by atoms with van der Waals surface area (Å²) in [5.41, 5.74) is 0.938. The Hall–Kier alpha value is -2.10. The monoisotopic (exact) mass is 393 g/mol. The molecule has 4 rings (SSSR count). The summed E-state index contributed by atoms with van der Waals surface area (Å²) >= 11 is 0. The van der Waals surface area contributed by atoms with E-state index in [2.05, 4.69) is 5.10 Å². The van der Waals surface area contributed by atoms with Crippen LogP contribution >= 0.6 is 0 Å². The number of sulfonamides is 1. The summed E-state index contributed by atoms with van der Waals surface area (Å²) in [4.78, 5) is 0.176. The molecular formula is C18H23N3O5S. The lowest BCUT2D eigenvalue weighted by Crippen LogP contribution is -2.29. The van der Waals surface area contributed by atoms with Gasteiger partial charge in [-0.05, 0) is 17.7 Å². The molecule has 27 heavy (non-hydrogen) atoms. The molecule has 1 fully saturated rings. The van der Waals surface area contributed by atoms with Gasteiger partial charge in [0, 0.05) is 57.3 Å². The Bertz CT molecular complexity index is 927. The number of aliphatic hydroxyl groups is 1. The number of benzene rings is 1. The van der Waals surface area contributed by atoms with Crippen molar-refractivity contribution >= 4 is 10.0 Å². The summed E-state index contributed by atoms with van der Waals surface area (Å²) in [6, 6.07) is 4.72. The SMILES string of the molecule is Cn1cc([C@@H]2CN(S(=O)(=O)c3ccc4c(c3)OCCCO4)C[C@H]2CO)cn1. The zero-order valence-electron chi connectivity index (χ0n) is 15.1. The van der Waals surface area contributed by atoms with Crippen molar-refractivity contribution in [3.8, 4) is 11.5 Å². The largest absolute Gasteiger partial charge is 0.490 e. The van der Waals surface area contributed by atoms with E-state index in [0.29, 0.717) is 31.3 Å². The quantitative estimate of drug-likeness (QED) is 0.832. The third-order valence-corrected chi connectivity index (χ3v) is 6.98. The molecule has 0 bridgehead atoms. The van der Waals surface area contributed by atoms with Gasteiger partial charge in [0.1, 0.15) is 0 Å². The van der Waals surface area contributed by atoms with Crippen LogP contribution in [0.4, 0.5) is 0 Å². The van der Waals surface area contributed by atoms with E-state index >= 15 is 0 Å². The molecule has 0 amide bonds. The maximum atomic E-state index is 13.2. The summed E-state index contributed by atoms with van der Waals surface area (Å²) in [5.74, 6) is 0.771. The van der Waals surface area contributed by atoms with E-state index in [9.17, 15) is 13.5 Å². The van der Waals surface area contributed by atoms with E-state index in [1.54, 1.807) is 23.0 Å². The number of aromatic nitrogens is 2. The van der Waals surface area contributed by atoms with E-state index in [1.165, 1.54) is 10.4 Å². The first-order valence-corrected chi connectivity index (χ1v) is 10.4. The van der Waals surface area contributed by atoms with Crippen LogP contribution < -0.4 is 9.47 Å². The smallest absolute Gasteiger partial charge is 0.243 e. The average Bonchev–Trinajstić information content (AvgIpc) is 3.21. The molecule has 0 aliphatic carbocycles. The summed E-state index contributed by atoms with van der Waals surface area (Å²) in [6.45, 7) is 1.55. The molecule has 1 saturated heterocycles. The van der Waals surface area contributed by atoms with Gasteiger partial charge >= 0.3 is 0 Å². The van der Waals surface area contributed by atoms with Crippen molar-refractivity contribution in [1.82, 2.24) is 14.1 Å². The number of fused-ring (bicyclic) bond motifs is 1. The number of nitrogens with zero attached hydrogens (tertiary/aromatic N) is 3. The van der Waals surface area contributed by atoms with Crippen LogP contribution in [0.15, 0.2) is 35.5 Å². The fraction of sp³-hybridized carbons (Fsp3) is 0.500. The van der Waals surface area contributed by atoms with Crippen molar-refractivity contribution in [2.24, 2.45) is 13.0 Å². The highest BCUT2D eigenvalue weighted by Crippen LogP contribution is 2.37. The highest BCUT2D eigenvalue weighted by Gasteiger charge is 2.40. The maximum Gasteiger partial charge on any atom is 0.243 e. The molecule has 0 radical (unpaired) electrons. The lowest BCUT2D eigenvalue weighted by Gasteiger charge is -2.17. The summed E-state index contributed by atoms with van der Waals surface area (Å²) in [6.07, 6.45) is 4.36. The fourth-order valence-electron chi connectivity index (χ4n) is 3.68. The molecular weight excluding hydrogens is 370 g/mol. The van der Waals surface area contributed by atoms with Gasteiger partial charge < -0.3 is 14.6 Å². The fourth-order valence-corrected chi connectivity index (χ4v) is 5.21. The molecule has 2 atom stereocenters. The molecule has 1 N–H and O–H groups in total. The van der Waals surface area contributed by atoms with Gasteiger partial charge in [0.25, 0.3) is 0 Å². The lowest BCUT2D eigenvalue weighted by atomic mass is 9.92. The third kappa shape index (κ3) is 3.42. The van der Waals surface area contributed by atoms with Gasteiger partial charge in [-0.1, -0.05) is 0 Å². The number of aliphatic hydroxyl groups excluding tert-OH is 1. The van der Waals surface area contributed by atoms with E-state index in [0.717, 1.165) is 12.0 Å². The minimum atomic E-state index is -3.70. The molecule has 146 valence electrons. The minimum absolute atomic E-state index is 0.0767. The number of hydrogen-bond donors (Lipinski definition) is 1. The van der Waals surface area contributed by atoms with Gasteiger partial charge in [0.2, 0.25) is 10.0 Å². The second-order valence-electron chi connectivity index (χ2n) is 6.98. The number of hydrogen-bond acceptors (Lipinski definition) is 6. The summed E-state index contributed by atoms with van der Waals surface area (Å²) in [5, 5.41) is 13.9. The van der Waals surface area contributed by atoms with Crippen LogP contribution in [0, 0.1) is 5.92 Å². The standard InChI is InChI=1S/C18H23N3O5S/c1-20-9-13(8-19-20)16-11-21(10-14(16)12-22)27(23,24)15-3-4-17-18(7-15)26-6-2-5-25-17/h3-4,7-9,14,16,22H,2,5-6,10-12H2,1H3/t14-,16-/m0/s1. The van der Waals surface area contributed by atoms with Crippen molar-refractivity contribution in [3.63, 3.8) is 0 Å². The number of rotatable bonds is 4.